The van der Waals surface area contributed by atoms with Crippen LogP contribution in [-0.4, -0.2) is 90.4 Å². The fourth-order valence-electron chi connectivity index (χ4n) is 6.70. The van der Waals surface area contributed by atoms with Gasteiger partial charge in [0.25, 0.3) is 0 Å². The first-order valence-electron chi connectivity index (χ1n) is 16.3. The molecule has 262 valence electrons. The lowest BCUT2D eigenvalue weighted by molar-refractivity contribution is -0.189. The molecule has 0 radical (unpaired) electrons. The molecule has 3 aliphatic rings. The van der Waals surface area contributed by atoms with E-state index in [1.165, 1.54) is 22.0 Å². The zero-order chi connectivity index (χ0) is 35.4. The van der Waals surface area contributed by atoms with Crippen molar-refractivity contribution in [3.05, 3.63) is 108 Å². The molecular weight excluding hydrogens is 662 g/mol. The van der Waals surface area contributed by atoms with Crippen LogP contribution in [0.1, 0.15) is 29.5 Å². The maximum Gasteiger partial charge on any atom is 0.380 e. The number of nitrogens with one attached hydrogen (secondary N) is 1. The molecule has 3 aliphatic heterocycles. The summed E-state index contributed by atoms with van der Waals surface area (Å²) in [5.74, 6) is -0.598. The second kappa shape index (κ2) is 14.7. The van der Waals surface area contributed by atoms with Crippen LogP contribution in [0.2, 0.25) is 0 Å². The molecule has 0 saturated carbocycles. The van der Waals surface area contributed by atoms with Crippen molar-refractivity contribution in [2.45, 2.75) is 44.6 Å². The monoisotopic (exact) mass is 701 g/mol. The third-order valence-electron chi connectivity index (χ3n) is 8.90. The van der Waals surface area contributed by atoms with Gasteiger partial charge in [-0.15, -0.1) is 6.58 Å². The lowest BCUT2D eigenvalue weighted by Gasteiger charge is -2.55. The van der Waals surface area contributed by atoms with Crippen LogP contribution in [0.25, 0.3) is 0 Å². The van der Waals surface area contributed by atoms with E-state index in [0.717, 1.165) is 23.2 Å². The third kappa shape index (κ3) is 7.80. The normalized spacial score (nSPS) is 19.8. The molecule has 0 bridgehead atoms. The Hall–Kier alpha value is -5.25. The number of amides is 5. The number of nitrogens with zero attached hydrogens (tertiary/aromatic N) is 5. The number of benzene rings is 3. The maximum atomic E-state index is 14.4. The van der Waals surface area contributed by atoms with Gasteiger partial charge in [-0.25, -0.2) is 14.8 Å². The highest BCUT2D eigenvalue weighted by molar-refractivity contribution is 7.84. The van der Waals surface area contributed by atoms with E-state index in [1.807, 2.05) is 54.6 Å². The molecule has 0 unspecified atom stereocenters. The van der Waals surface area contributed by atoms with Crippen LogP contribution < -0.4 is 19.5 Å². The Labute approximate surface area is 290 Å². The van der Waals surface area contributed by atoms with Crippen molar-refractivity contribution in [1.29, 1.82) is 0 Å². The summed E-state index contributed by atoms with van der Waals surface area (Å²) in [6.45, 7) is 4.96. The highest BCUT2D eigenvalue weighted by Crippen LogP contribution is 2.31. The SMILES string of the molecule is C=CCN1CC(=O)N2[C@@H](Cc3ccc(OS(N)(=O)=O)cc3)C(=O)N(Cc3cccc(N4CCCC4=O)c3)C[C@@H]2N1C(=O)NCc1ccccc1. The largest absolute Gasteiger partial charge is 0.380 e. The molecule has 3 saturated heterocycles. The number of hydrogen-bond donors (Lipinski definition) is 2. The van der Waals surface area contributed by atoms with E-state index < -0.39 is 28.5 Å². The van der Waals surface area contributed by atoms with E-state index in [2.05, 4.69) is 11.9 Å². The zero-order valence-electron chi connectivity index (χ0n) is 27.4. The van der Waals surface area contributed by atoms with E-state index in [4.69, 9.17) is 9.32 Å². The van der Waals surface area contributed by atoms with Gasteiger partial charge in [0.2, 0.25) is 17.7 Å². The molecule has 6 rings (SSSR count). The molecule has 0 spiro atoms. The summed E-state index contributed by atoms with van der Waals surface area (Å²) < 4.78 is 27.6. The van der Waals surface area contributed by atoms with Gasteiger partial charge in [-0.3, -0.25) is 14.4 Å². The van der Waals surface area contributed by atoms with E-state index in [-0.39, 0.29) is 62.6 Å². The van der Waals surface area contributed by atoms with Gasteiger partial charge in [-0.2, -0.15) is 13.6 Å². The summed E-state index contributed by atoms with van der Waals surface area (Å²) in [5, 5.41) is 11.1. The van der Waals surface area contributed by atoms with Crippen molar-refractivity contribution in [2.24, 2.45) is 5.14 Å². The maximum absolute atomic E-state index is 14.4. The van der Waals surface area contributed by atoms with Crippen LogP contribution in [0.4, 0.5) is 10.5 Å². The smallest absolute Gasteiger partial charge is 0.371 e. The number of carbonyl (C=O) groups is 4. The van der Waals surface area contributed by atoms with Crippen molar-refractivity contribution < 1.29 is 31.8 Å². The molecule has 3 aromatic carbocycles. The second-order valence-corrected chi connectivity index (χ2v) is 13.5. The number of urea groups is 1. The van der Waals surface area contributed by atoms with Gasteiger partial charge in [-0.05, 0) is 47.4 Å². The quantitative estimate of drug-likeness (QED) is 0.287. The average molecular weight is 702 g/mol. The van der Waals surface area contributed by atoms with Crippen molar-refractivity contribution in [2.75, 3.05) is 31.1 Å². The Morgan fingerprint density at radius 3 is 2.38 bits per heavy atom. The fraction of sp³-hybridized carbons (Fsp3) is 0.314. The number of carbonyl (C=O) groups excluding carboxylic acids is 4. The second-order valence-electron chi connectivity index (χ2n) is 12.4. The number of hydrazine groups is 1. The zero-order valence-corrected chi connectivity index (χ0v) is 28.2. The summed E-state index contributed by atoms with van der Waals surface area (Å²) in [6, 6.07) is 21.5. The number of anilines is 1. The van der Waals surface area contributed by atoms with Gasteiger partial charge < -0.3 is 24.2 Å². The van der Waals surface area contributed by atoms with Gasteiger partial charge in [0.15, 0.2) is 0 Å². The highest BCUT2D eigenvalue weighted by atomic mass is 32.2. The van der Waals surface area contributed by atoms with Crippen LogP contribution in [0.3, 0.4) is 0 Å². The summed E-state index contributed by atoms with van der Waals surface area (Å²) in [7, 11) is -4.24. The fourth-order valence-corrected chi connectivity index (χ4v) is 7.08. The number of rotatable bonds is 11. The Morgan fingerprint density at radius 1 is 0.960 bits per heavy atom. The molecular formula is C35H39N7O7S. The molecule has 50 heavy (non-hydrogen) atoms. The first-order valence-corrected chi connectivity index (χ1v) is 17.7. The summed E-state index contributed by atoms with van der Waals surface area (Å²) >= 11 is 0. The standard InChI is InChI=1S/C35H39N7O7S/c1-2-17-39-24-33(44)41-30(20-25-13-15-29(16-14-25)49-50(36,47)48)34(45)38(22-27-10-6-11-28(19-27)40-18-7-12-32(40)43)23-31(41)42(39)35(46)37-21-26-8-4-3-5-9-26/h2-6,8-11,13-16,19,30-31H,1,7,12,17-18,20-24H2,(H,37,46)(H2,36,47,48)/t30-,31-/m0/s1. The van der Waals surface area contributed by atoms with Gasteiger partial charge in [0.1, 0.15) is 18.0 Å². The first-order chi connectivity index (χ1) is 24.0. The molecule has 3 fully saturated rings. The molecule has 5 amide bonds. The average Bonchev–Trinajstić information content (AvgIpc) is 3.52. The lowest BCUT2D eigenvalue weighted by atomic mass is 9.98. The van der Waals surface area contributed by atoms with E-state index in [0.29, 0.717) is 18.5 Å². The predicted molar refractivity (Wildman–Crippen MR) is 184 cm³/mol. The summed E-state index contributed by atoms with van der Waals surface area (Å²) in [4.78, 5) is 59.6. The van der Waals surface area contributed by atoms with E-state index in [9.17, 15) is 27.6 Å². The third-order valence-corrected chi connectivity index (χ3v) is 9.32. The summed E-state index contributed by atoms with van der Waals surface area (Å²) in [6.07, 6.45) is 2.10. The van der Waals surface area contributed by atoms with Crippen LogP contribution in [0.15, 0.2) is 91.5 Å². The molecule has 3 aromatic rings. The predicted octanol–water partition coefficient (Wildman–Crippen LogP) is 2.13. The highest BCUT2D eigenvalue weighted by Gasteiger charge is 2.51. The lowest BCUT2D eigenvalue weighted by Crippen LogP contribution is -2.76. The molecule has 3 N–H and O–H groups in total. The van der Waals surface area contributed by atoms with Crippen LogP contribution in [0, 0.1) is 0 Å². The van der Waals surface area contributed by atoms with Crippen molar-refractivity contribution in [3.63, 3.8) is 0 Å². The summed E-state index contributed by atoms with van der Waals surface area (Å²) in [5.41, 5.74) is 3.06. The van der Waals surface area contributed by atoms with Crippen molar-refractivity contribution in [1.82, 2.24) is 25.1 Å². The van der Waals surface area contributed by atoms with Crippen LogP contribution in [-0.2, 0) is 44.2 Å². The van der Waals surface area contributed by atoms with Gasteiger partial charge >= 0.3 is 16.3 Å². The molecule has 15 heteroatoms. The number of fused-ring (bicyclic) bond motifs is 1. The number of piperazine rings is 1. The minimum Gasteiger partial charge on any atom is -0.371 e. The van der Waals surface area contributed by atoms with Crippen molar-refractivity contribution >= 4 is 39.7 Å². The minimum atomic E-state index is -4.24. The Bertz CT molecular complexity index is 1870. The van der Waals surface area contributed by atoms with E-state index >= 15 is 0 Å². The minimum absolute atomic E-state index is 0.00234. The van der Waals surface area contributed by atoms with Crippen molar-refractivity contribution in [3.8, 4) is 5.75 Å². The van der Waals surface area contributed by atoms with Crippen LogP contribution >= 0.6 is 0 Å². The number of nitrogens with two attached hydrogens (primary N) is 1. The topological polar surface area (TPSA) is 166 Å². The Kier molecular flexibility index (Phi) is 10.2. The molecule has 3 heterocycles. The molecule has 0 aliphatic carbocycles. The molecule has 0 aromatic heterocycles. The van der Waals surface area contributed by atoms with Gasteiger partial charge in [-0.1, -0.05) is 60.7 Å². The van der Waals surface area contributed by atoms with E-state index in [1.54, 1.807) is 33.0 Å². The van der Waals surface area contributed by atoms with Crippen LogP contribution in [0.5, 0.6) is 5.75 Å². The molecule has 2 atom stereocenters. The Morgan fingerprint density at radius 2 is 1.70 bits per heavy atom. The first kappa shape index (κ1) is 34.6. The molecule has 14 nitrogen and oxygen atoms in total. The Balaban J connectivity index is 1.33. The van der Waals surface area contributed by atoms with Gasteiger partial charge in [0.05, 0.1) is 13.1 Å². The number of hydrogen-bond acceptors (Lipinski definition) is 8. The van der Waals surface area contributed by atoms with Gasteiger partial charge in [0, 0.05) is 44.7 Å².